The van der Waals surface area contributed by atoms with E-state index in [0.29, 0.717) is 12.5 Å². The zero-order valence-corrected chi connectivity index (χ0v) is 16.2. The largest absolute Gasteiger partial charge is 0.378 e. The van der Waals surface area contributed by atoms with Crippen molar-refractivity contribution in [3.8, 4) is 0 Å². The number of aromatic nitrogens is 2. The van der Waals surface area contributed by atoms with Crippen LogP contribution in [0.3, 0.4) is 0 Å². The van der Waals surface area contributed by atoms with Gasteiger partial charge in [-0.1, -0.05) is 12.1 Å². The zero-order valence-electron chi connectivity index (χ0n) is 16.2. The molecule has 0 radical (unpaired) electrons. The first kappa shape index (κ1) is 18.5. The fraction of sp³-hybridized carbons (Fsp3) is 0.524. The molecule has 1 amide bonds. The second-order valence-electron chi connectivity index (χ2n) is 7.43. The predicted octanol–water partition coefficient (Wildman–Crippen LogP) is 3.27. The highest BCUT2D eigenvalue weighted by Crippen LogP contribution is 2.22. The van der Waals surface area contributed by atoms with E-state index in [4.69, 9.17) is 0 Å². The van der Waals surface area contributed by atoms with Crippen molar-refractivity contribution in [3.63, 3.8) is 0 Å². The lowest BCUT2D eigenvalue weighted by Gasteiger charge is -2.36. The van der Waals surface area contributed by atoms with E-state index in [1.54, 1.807) is 0 Å². The lowest BCUT2D eigenvalue weighted by atomic mass is 9.98. The van der Waals surface area contributed by atoms with Crippen molar-refractivity contribution < 1.29 is 4.79 Å². The molecule has 1 saturated heterocycles. The maximum absolute atomic E-state index is 12.9. The second kappa shape index (κ2) is 8.39. The van der Waals surface area contributed by atoms with E-state index >= 15 is 0 Å². The summed E-state index contributed by atoms with van der Waals surface area (Å²) in [5.74, 6) is 1.30. The maximum atomic E-state index is 12.9. The minimum absolute atomic E-state index is 0.259. The molecule has 1 aromatic heterocycles. The lowest BCUT2D eigenvalue weighted by molar-refractivity contribution is -0.134. The van der Waals surface area contributed by atoms with Crippen molar-refractivity contribution in [1.29, 1.82) is 0 Å². The fourth-order valence-electron chi connectivity index (χ4n) is 3.75. The van der Waals surface area contributed by atoms with Crippen molar-refractivity contribution in [1.82, 2.24) is 14.5 Å². The molecule has 140 valence electrons. The van der Waals surface area contributed by atoms with Gasteiger partial charge >= 0.3 is 0 Å². The van der Waals surface area contributed by atoms with Crippen LogP contribution in [0, 0.1) is 6.92 Å². The summed E-state index contributed by atoms with van der Waals surface area (Å²) < 4.78 is 2.18. The topological polar surface area (TPSA) is 41.4 Å². The van der Waals surface area contributed by atoms with Gasteiger partial charge in [-0.25, -0.2) is 4.98 Å². The number of carbonyl (C=O) groups is 1. The highest BCUT2D eigenvalue weighted by Gasteiger charge is 2.26. The van der Waals surface area contributed by atoms with E-state index in [-0.39, 0.29) is 5.91 Å². The number of hydrogen-bond acceptors (Lipinski definition) is 3. The van der Waals surface area contributed by atoms with Gasteiger partial charge in [-0.15, -0.1) is 0 Å². The van der Waals surface area contributed by atoms with Crippen LogP contribution in [0.5, 0.6) is 0 Å². The van der Waals surface area contributed by atoms with Gasteiger partial charge in [-0.3, -0.25) is 4.79 Å². The molecular formula is C21H30N4O. The summed E-state index contributed by atoms with van der Waals surface area (Å²) in [5.41, 5.74) is 2.25. The number of benzene rings is 1. The molecule has 2 aromatic rings. The third-order valence-electron chi connectivity index (χ3n) is 5.38. The Balaban J connectivity index is 1.61. The zero-order chi connectivity index (χ0) is 18.5. The smallest absolute Gasteiger partial charge is 0.227 e. The molecule has 1 aliphatic heterocycles. The number of rotatable bonds is 6. The Labute approximate surface area is 156 Å². The fourth-order valence-corrected chi connectivity index (χ4v) is 3.75. The first-order valence-electron chi connectivity index (χ1n) is 9.58. The summed E-state index contributed by atoms with van der Waals surface area (Å²) in [7, 11) is 4.06. The SMILES string of the molecule is Cc1nccn1CCC1CCCCN1C(=O)Cc1ccc(N(C)C)cc1. The van der Waals surface area contributed by atoms with Gasteiger partial charge in [0.1, 0.15) is 5.82 Å². The van der Waals surface area contributed by atoms with Gasteiger partial charge in [0.05, 0.1) is 6.42 Å². The molecule has 1 unspecified atom stereocenters. The second-order valence-corrected chi connectivity index (χ2v) is 7.43. The molecule has 26 heavy (non-hydrogen) atoms. The van der Waals surface area contributed by atoms with Crippen LogP contribution in [-0.2, 0) is 17.8 Å². The number of hydrogen-bond donors (Lipinski definition) is 0. The Kier molecular flexibility index (Phi) is 5.96. The average Bonchev–Trinajstić information content (AvgIpc) is 3.05. The average molecular weight is 354 g/mol. The standard InChI is InChI=1S/C21H30N4O/c1-17-22-12-15-24(17)14-11-20-6-4-5-13-25(20)21(26)16-18-7-9-19(10-8-18)23(2)3/h7-10,12,15,20H,4-6,11,13-14,16H2,1-3H3. The van der Waals surface area contributed by atoms with Gasteiger partial charge in [0.25, 0.3) is 0 Å². The van der Waals surface area contributed by atoms with Gasteiger partial charge in [0.2, 0.25) is 5.91 Å². The van der Waals surface area contributed by atoms with E-state index in [9.17, 15) is 4.79 Å². The van der Waals surface area contributed by atoms with E-state index in [2.05, 4.69) is 43.6 Å². The van der Waals surface area contributed by atoms with Crippen molar-refractivity contribution in [2.45, 2.75) is 51.6 Å². The van der Waals surface area contributed by atoms with Gasteiger partial charge in [-0.05, 0) is 50.3 Å². The molecule has 1 aliphatic rings. The summed E-state index contributed by atoms with van der Waals surface area (Å²) in [4.78, 5) is 21.4. The predicted molar refractivity (Wildman–Crippen MR) is 105 cm³/mol. The van der Waals surface area contributed by atoms with Crippen LogP contribution in [0.4, 0.5) is 5.69 Å². The Morgan fingerprint density at radius 1 is 1.23 bits per heavy atom. The first-order valence-corrected chi connectivity index (χ1v) is 9.58. The number of imidazole rings is 1. The number of likely N-dealkylation sites (tertiary alicyclic amines) is 1. The van der Waals surface area contributed by atoms with Crippen molar-refractivity contribution in [2.75, 3.05) is 25.5 Å². The molecule has 5 nitrogen and oxygen atoms in total. The number of anilines is 1. The van der Waals surface area contributed by atoms with Crippen molar-refractivity contribution in [3.05, 3.63) is 48.0 Å². The highest BCUT2D eigenvalue weighted by atomic mass is 16.2. The molecule has 0 N–H and O–H groups in total. The summed E-state index contributed by atoms with van der Waals surface area (Å²) in [6.45, 7) is 3.85. The quantitative estimate of drug-likeness (QED) is 0.799. The molecule has 0 spiro atoms. The van der Waals surface area contributed by atoms with Crippen LogP contribution in [0.25, 0.3) is 0 Å². The molecule has 1 fully saturated rings. The minimum atomic E-state index is 0.259. The summed E-state index contributed by atoms with van der Waals surface area (Å²) in [5, 5.41) is 0. The monoisotopic (exact) mass is 354 g/mol. The number of carbonyl (C=O) groups excluding carboxylic acids is 1. The number of aryl methyl sites for hydroxylation is 2. The molecule has 1 aromatic carbocycles. The van der Waals surface area contributed by atoms with E-state index in [1.165, 1.54) is 6.42 Å². The molecule has 0 aliphatic carbocycles. The normalized spacial score (nSPS) is 17.3. The van der Waals surface area contributed by atoms with E-state index in [0.717, 1.165) is 49.4 Å². The van der Waals surface area contributed by atoms with Gasteiger partial charge in [-0.2, -0.15) is 0 Å². The highest BCUT2D eigenvalue weighted by molar-refractivity contribution is 5.79. The summed E-state index contributed by atoms with van der Waals surface area (Å²) in [6, 6.07) is 8.65. The van der Waals surface area contributed by atoms with Gasteiger partial charge in [0, 0.05) is 51.3 Å². The van der Waals surface area contributed by atoms with E-state index in [1.807, 2.05) is 33.4 Å². The number of piperidine rings is 1. The minimum Gasteiger partial charge on any atom is -0.378 e. The van der Waals surface area contributed by atoms with Crippen molar-refractivity contribution in [2.24, 2.45) is 0 Å². The lowest BCUT2D eigenvalue weighted by Crippen LogP contribution is -2.44. The Bertz CT molecular complexity index is 720. The van der Waals surface area contributed by atoms with Crippen LogP contribution in [0.1, 0.15) is 37.1 Å². The first-order chi connectivity index (χ1) is 12.5. The molecule has 0 bridgehead atoms. The molecule has 3 rings (SSSR count). The third kappa shape index (κ3) is 4.45. The molecular weight excluding hydrogens is 324 g/mol. The number of amides is 1. The third-order valence-corrected chi connectivity index (χ3v) is 5.38. The van der Waals surface area contributed by atoms with Gasteiger partial charge in [0.15, 0.2) is 0 Å². The number of nitrogens with zero attached hydrogens (tertiary/aromatic N) is 4. The van der Waals surface area contributed by atoms with Crippen molar-refractivity contribution >= 4 is 11.6 Å². The summed E-state index contributed by atoms with van der Waals surface area (Å²) in [6.07, 6.45) is 8.81. The van der Waals surface area contributed by atoms with Crippen LogP contribution >= 0.6 is 0 Å². The van der Waals surface area contributed by atoms with Crippen LogP contribution in [-0.4, -0.2) is 47.0 Å². The van der Waals surface area contributed by atoms with E-state index < -0.39 is 0 Å². The molecule has 0 saturated carbocycles. The van der Waals surface area contributed by atoms with Crippen LogP contribution in [0.2, 0.25) is 0 Å². The molecule has 2 heterocycles. The summed E-state index contributed by atoms with van der Waals surface area (Å²) >= 11 is 0. The van der Waals surface area contributed by atoms with Crippen LogP contribution < -0.4 is 4.90 Å². The van der Waals surface area contributed by atoms with Gasteiger partial charge < -0.3 is 14.4 Å². The molecule has 5 heteroatoms. The Morgan fingerprint density at radius 2 is 2.00 bits per heavy atom. The Hall–Kier alpha value is -2.30. The van der Waals surface area contributed by atoms with Crippen LogP contribution in [0.15, 0.2) is 36.7 Å². The maximum Gasteiger partial charge on any atom is 0.227 e. The molecule has 1 atom stereocenters. The Morgan fingerprint density at radius 3 is 2.65 bits per heavy atom.